The number of rotatable bonds is 8. The third kappa shape index (κ3) is 9.61. The lowest BCUT2D eigenvalue weighted by Gasteiger charge is -2.11. The van der Waals surface area contributed by atoms with Gasteiger partial charge < -0.3 is 21.9 Å². The molecule has 0 aliphatic rings. The van der Waals surface area contributed by atoms with Gasteiger partial charge in [0.2, 0.25) is 5.91 Å². The Kier molecular flexibility index (Phi) is 8.21. The second-order valence-corrected chi connectivity index (χ2v) is 3.59. The number of aliphatic hydroxyl groups is 1. The third-order valence-electron chi connectivity index (χ3n) is 1.89. The van der Waals surface area contributed by atoms with Crippen molar-refractivity contribution in [2.75, 3.05) is 13.2 Å². The average molecular weight is 218 g/mol. The number of carbonyl (C=O) groups excluding carboxylic acids is 1. The van der Waals surface area contributed by atoms with Crippen LogP contribution in [0.5, 0.6) is 0 Å². The second-order valence-electron chi connectivity index (χ2n) is 3.59. The van der Waals surface area contributed by atoms with Gasteiger partial charge in [-0.3, -0.25) is 10.1 Å². The monoisotopic (exact) mass is 218 g/mol. The summed E-state index contributed by atoms with van der Waals surface area (Å²) in [5.41, 5.74) is 10.6. The van der Waals surface area contributed by atoms with Gasteiger partial charge in [-0.15, -0.1) is 0 Å². The van der Waals surface area contributed by atoms with Crippen LogP contribution in [0.25, 0.3) is 0 Å². The molecule has 0 aromatic carbocycles. The highest BCUT2D eigenvalue weighted by Crippen LogP contribution is 1.94. The van der Waals surface area contributed by atoms with E-state index in [-0.39, 0.29) is 18.6 Å². The first kappa shape index (κ1) is 14.3. The minimum atomic E-state index is -0.492. The van der Waals surface area contributed by atoms with E-state index >= 15 is 0 Å². The summed E-state index contributed by atoms with van der Waals surface area (Å²) in [6, 6.07) is -0.173. The summed E-state index contributed by atoms with van der Waals surface area (Å²) >= 11 is 0. The van der Waals surface area contributed by atoms with Crippen LogP contribution in [0.4, 0.5) is 0 Å². The average Bonchev–Trinajstić information content (AvgIpc) is 2.16. The van der Waals surface area contributed by atoms with Gasteiger partial charge in [0.05, 0.1) is 6.61 Å². The summed E-state index contributed by atoms with van der Waals surface area (Å²) < 4.78 is 0. The van der Waals surface area contributed by atoms with Crippen LogP contribution in [0.1, 0.15) is 26.2 Å². The minimum absolute atomic E-state index is 0.0324. The summed E-state index contributed by atoms with van der Waals surface area (Å²) in [7, 11) is 0. The molecule has 0 saturated heterocycles. The van der Waals surface area contributed by atoms with Gasteiger partial charge in [0.15, 0.2) is 0 Å². The number of nitrogens with one attached hydrogen (secondary N) is 2. The first-order chi connectivity index (χ1) is 7.06. The van der Waals surface area contributed by atoms with Gasteiger partial charge >= 0.3 is 0 Å². The quantitative estimate of drug-likeness (QED) is 0.250. The summed E-state index contributed by atoms with van der Waals surface area (Å²) in [6.45, 7) is 2.43. The molecule has 0 aliphatic heterocycles. The van der Waals surface area contributed by atoms with E-state index in [1.54, 1.807) is 6.92 Å². The molecule has 0 fully saturated rings. The van der Waals surface area contributed by atoms with Crippen LogP contribution in [0.3, 0.4) is 0 Å². The molecule has 0 rings (SSSR count). The van der Waals surface area contributed by atoms with Gasteiger partial charge in [-0.2, -0.15) is 0 Å². The maximum absolute atomic E-state index is 11.2. The Labute approximate surface area is 90.4 Å². The predicted octanol–water partition coefficient (Wildman–Crippen LogP) is -1.56. The number of amides is 1. The van der Waals surface area contributed by atoms with Crippen LogP contribution >= 0.6 is 0 Å². The van der Waals surface area contributed by atoms with Crippen LogP contribution < -0.4 is 22.1 Å². The Morgan fingerprint density at radius 1 is 1.40 bits per heavy atom. The van der Waals surface area contributed by atoms with Gasteiger partial charge in [-0.05, 0) is 26.3 Å². The normalized spacial score (nSPS) is 12.9. The van der Waals surface area contributed by atoms with Crippen molar-refractivity contribution in [1.82, 2.24) is 10.6 Å². The molecule has 1 atom stereocenters. The van der Waals surface area contributed by atoms with Crippen LogP contribution in [-0.4, -0.2) is 36.5 Å². The molecule has 6 heteroatoms. The Morgan fingerprint density at radius 3 is 2.60 bits per heavy atom. The lowest BCUT2D eigenvalue weighted by atomic mass is 10.2. The molecule has 0 radical (unpaired) electrons. The van der Waals surface area contributed by atoms with E-state index < -0.39 is 6.29 Å². The molecule has 7 N–H and O–H groups in total. The van der Waals surface area contributed by atoms with Crippen molar-refractivity contribution in [2.24, 2.45) is 11.5 Å². The van der Waals surface area contributed by atoms with E-state index in [2.05, 4.69) is 10.6 Å². The van der Waals surface area contributed by atoms with Crippen LogP contribution in [0.2, 0.25) is 0 Å². The zero-order valence-corrected chi connectivity index (χ0v) is 9.20. The molecule has 0 aromatic heterocycles. The summed E-state index contributed by atoms with van der Waals surface area (Å²) in [4.78, 5) is 11.2. The molecule has 0 heterocycles. The fourth-order valence-corrected chi connectivity index (χ4v) is 1.07. The molecular weight excluding hydrogens is 196 g/mol. The highest BCUT2D eigenvalue weighted by molar-refractivity contribution is 5.76. The van der Waals surface area contributed by atoms with Gasteiger partial charge in [0.25, 0.3) is 0 Å². The number of hydrogen-bond acceptors (Lipinski definition) is 5. The zero-order valence-electron chi connectivity index (χ0n) is 9.20. The van der Waals surface area contributed by atoms with E-state index in [0.717, 1.165) is 12.8 Å². The standard InChI is InChI=1S/C9H22N4O2/c1-7(6-14)13-8(15)4-2-3-5-12-9(10)11/h7,9,12,14H,2-6,10-11H2,1H3,(H,13,15)/t7-/m1/s1. The first-order valence-electron chi connectivity index (χ1n) is 5.21. The summed E-state index contributed by atoms with van der Waals surface area (Å²) in [5.74, 6) is -0.0337. The van der Waals surface area contributed by atoms with E-state index in [1.807, 2.05) is 0 Å². The Bertz CT molecular complexity index is 175. The molecule has 90 valence electrons. The first-order valence-corrected chi connectivity index (χ1v) is 5.21. The van der Waals surface area contributed by atoms with Crippen LogP contribution in [-0.2, 0) is 4.79 Å². The fourth-order valence-electron chi connectivity index (χ4n) is 1.07. The lowest BCUT2D eigenvalue weighted by Crippen LogP contribution is -2.45. The van der Waals surface area contributed by atoms with Crippen LogP contribution in [0, 0.1) is 0 Å². The van der Waals surface area contributed by atoms with Crippen molar-refractivity contribution < 1.29 is 9.90 Å². The van der Waals surface area contributed by atoms with Crippen LogP contribution in [0.15, 0.2) is 0 Å². The summed E-state index contributed by atoms with van der Waals surface area (Å²) in [6.07, 6.45) is 1.61. The summed E-state index contributed by atoms with van der Waals surface area (Å²) in [5, 5.41) is 14.2. The van der Waals surface area contributed by atoms with Crippen molar-refractivity contribution in [3.05, 3.63) is 0 Å². The van der Waals surface area contributed by atoms with E-state index in [1.165, 1.54) is 0 Å². The van der Waals surface area contributed by atoms with Gasteiger partial charge in [0.1, 0.15) is 6.29 Å². The van der Waals surface area contributed by atoms with Crippen molar-refractivity contribution in [3.63, 3.8) is 0 Å². The minimum Gasteiger partial charge on any atom is -0.394 e. The van der Waals surface area contributed by atoms with Gasteiger partial charge in [0, 0.05) is 12.5 Å². The van der Waals surface area contributed by atoms with E-state index in [4.69, 9.17) is 16.6 Å². The molecule has 0 unspecified atom stereocenters. The number of carbonyl (C=O) groups is 1. The smallest absolute Gasteiger partial charge is 0.220 e. The SMILES string of the molecule is C[C@H](CO)NC(=O)CCCCNC(N)N. The fraction of sp³-hybridized carbons (Fsp3) is 0.889. The highest BCUT2D eigenvalue weighted by Gasteiger charge is 2.05. The number of hydrogen-bond donors (Lipinski definition) is 5. The van der Waals surface area contributed by atoms with E-state index in [0.29, 0.717) is 13.0 Å². The Morgan fingerprint density at radius 2 is 2.07 bits per heavy atom. The Hall–Kier alpha value is -0.690. The second kappa shape index (κ2) is 8.60. The molecular formula is C9H22N4O2. The largest absolute Gasteiger partial charge is 0.394 e. The molecule has 15 heavy (non-hydrogen) atoms. The van der Waals surface area contributed by atoms with Crippen molar-refractivity contribution >= 4 is 5.91 Å². The van der Waals surface area contributed by atoms with Crippen molar-refractivity contribution in [1.29, 1.82) is 0 Å². The van der Waals surface area contributed by atoms with Crippen molar-refractivity contribution in [3.8, 4) is 0 Å². The molecule has 0 saturated carbocycles. The van der Waals surface area contributed by atoms with Gasteiger partial charge in [-0.1, -0.05) is 0 Å². The number of aliphatic hydroxyl groups excluding tert-OH is 1. The molecule has 0 bridgehead atoms. The molecule has 0 spiro atoms. The maximum atomic E-state index is 11.2. The number of unbranched alkanes of at least 4 members (excludes halogenated alkanes) is 1. The maximum Gasteiger partial charge on any atom is 0.220 e. The zero-order chi connectivity index (χ0) is 11.7. The molecule has 0 aliphatic carbocycles. The van der Waals surface area contributed by atoms with Gasteiger partial charge in [-0.25, -0.2) is 0 Å². The highest BCUT2D eigenvalue weighted by atomic mass is 16.3. The number of nitrogens with two attached hydrogens (primary N) is 2. The molecule has 0 aromatic rings. The third-order valence-corrected chi connectivity index (χ3v) is 1.89. The van der Waals surface area contributed by atoms with Crippen molar-refractivity contribution in [2.45, 2.75) is 38.5 Å². The topological polar surface area (TPSA) is 113 Å². The Balaban J connectivity index is 3.31. The predicted molar refractivity (Wildman–Crippen MR) is 58.7 cm³/mol. The molecule has 1 amide bonds. The van der Waals surface area contributed by atoms with E-state index in [9.17, 15) is 4.79 Å². The lowest BCUT2D eigenvalue weighted by molar-refractivity contribution is -0.122. The molecule has 6 nitrogen and oxygen atoms in total.